The van der Waals surface area contributed by atoms with Crippen molar-refractivity contribution in [3.8, 4) is 0 Å². The van der Waals surface area contributed by atoms with Gasteiger partial charge in [0.2, 0.25) is 0 Å². The highest BCUT2D eigenvalue weighted by Gasteiger charge is 2.48. The summed E-state index contributed by atoms with van der Waals surface area (Å²) < 4.78 is 43.4. The Bertz CT molecular complexity index is 1290. The van der Waals surface area contributed by atoms with E-state index in [0.717, 1.165) is 11.1 Å². The average Bonchev–Trinajstić information content (AvgIpc) is 3.28. The third-order valence-corrected chi connectivity index (χ3v) is 9.45. The molecule has 2 aliphatic rings. The van der Waals surface area contributed by atoms with E-state index in [9.17, 15) is 22.4 Å². The Morgan fingerprint density at radius 2 is 1.79 bits per heavy atom. The van der Waals surface area contributed by atoms with Crippen LogP contribution in [0.25, 0.3) is 0 Å². The highest BCUT2D eigenvalue weighted by Crippen LogP contribution is 2.38. The van der Waals surface area contributed by atoms with Gasteiger partial charge in [-0.25, -0.2) is 17.6 Å². The van der Waals surface area contributed by atoms with Crippen LogP contribution in [0.3, 0.4) is 0 Å². The van der Waals surface area contributed by atoms with Gasteiger partial charge in [0, 0.05) is 18.2 Å². The number of aliphatic imine (C=N–C) groups is 1. The summed E-state index contributed by atoms with van der Waals surface area (Å²) >= 11 is 1.28. The molecular weight excluding hydrogens is 529 g/mol. The maximum atomic E-state index is 13.5. The van der Waals surface area contributed by atoms with E-state index in [0.29, 0.717) is 18.1 Å². The number of hydrogen-bond acceptors (Lipinski definition) is 6. The normalized spacial score (nSPS) is 22.2. The van der Waals surface area contributed by atoms with Crippen molar-refractivity contribution < 1.29 is 27.1 Å². The number of amides is 2. The molecule has 11 heteroatoms. The molecule has 2 amide bonds. The molecule has 2 fully saturated rings. The molecule has 0 bridgehead atoms. The predicted octanol–water partition coefficient (Wildman–Crippen LogP) is 3.60. The Morgan fingerprint density at radius 1 is 1.11 bits per heavy atom. The van der Waals surface area contributed by atoms with Crippen LogP contribution in [0.2, 0.25) is 0 Å². The second-order valence-corrected chi connectivity index (χ2v) is 13.9. The maximum Gasteiger partial charge on any atom is 0.408 e. The molecule has 204 valence electrons. The molecule has 2 aromatic carbocycles. The predicted molar refractivity (Wildman–Crippen MR) is 146 cm³/mol. The zero-order valence-corrected chi connectivity index (χ0v) is 23.2. The highest BCUT2D eigenvalue weighted by atomic mass is 32.2. The van der Waals surface area contributed by atoms with E-state index < -0.39 is 33.5 Å². The van der Waals surface area contributed by atoms with Gasteiger partial charge in [-0.15, -0.1) is 0 Å². The van der Waals surface area contributed by atoms with Crippen molar-refractivity contribution in [1.29, 1.82) is 0 Å². The second-order valence-electron chi connectivity index (χ2n) is 10.5. The van der Waals surface area contributed by atoms with Gasteiger partial charge < -0.3 is 15.0 Å². The molecule has 4 rings (SSSR count). The highest BCUT2D eigenvalue weighted by molar-refractivity contribution is 8.15. The molecule has 1 N–H and O–H groups in total. The summed E-state index contributed by atoms with van der Waals surface area (Å²) in [5.41, 5.74) is 0.995. The molecule has 0 saturated carbocycles. The number of fused-ring (bicyclic) bond motifs is 1. The minimum absolute atomic E-state index is 0.00903. The standard InChI is InChI=1S/C27H32FN3O5S2/c1-27(2,3)36-26(33)29-21(15-19-7-5-4-6-8-19)24(32)30-25-31(14-13-18-9-11-20(28)12-10-18)22-16-38(34,35)17-23(22)37-25/h4-12,21-23H,13-17H2,1-3H3,(H,29,33)/t21-,22+,23-/m0/s1. The first-order chi connectivity index (χ1) is 17.9. The van der Waals surface area contributed by atoms with E-state index in [2.05, 4.69) is 10.3 Å². The number of carbonyl (C=O) groups is 2. The van der Waals surface area contributed by atoms with E-state index in [-0.39, 0.29) is 35.0 Å². The van der Waals surface area contributed by atoms with Crippen LogP contribution in [0.5, 0.6) is 0 Å². The van der Waals surface area contributed by atoms with Crippen molar-refractivity contribution in [2.75, 3.05) is 18.1 Å². The van der Waals surface area contributed by atoms with E-state index >= 15 is 0 Å². The zero-order valence-electron chi connectivity index (χ0n) is 21.6. The lowest BCUT2D eigenvalue weighted by Crippen LogP contribution is -2.45. The molecule has 0 unspecified atom stereocenters. The Hall–Kier alpha value is -2.92. The summed E-state index contributed by atoms with van der Waals surface area (Å²) in [6.45, 7) is 5.63. The summed E-state index contributed by atoms with van der Waals surface area (Å²) in [5, 5.41) is 2.87. The molecule has 0 aromatic heterocycles. The minimum atomic E-state index is -3.19. The van der Waals surface area contributed by atoms with Crippen LogP contribution in [0.4, 0.5) is 9.18 Å². The number of nitrogens with one attached hydrogen (secondary N) is 1. The summed E-state index contributed by atoms with van der Waals surface area (Å²) in [7, 11) is -3.19. The van der Waals surface area contributed by atoms with Crippen LogP contribution in [-0.4, -0.2) is 71.5 Å². The van der Waals surface area contributed by atoms with Crippen molar-refractivity contribution in [3.05, 3.63) is 71.5 Å². The maximum absolute atomic E-state index is 13.5. The van der Waals surface area contributed by atoms with Gasteiger partial charge in [0.1, 0.15) is 17.5 Å². The number of hydrogen-bond donors (Lipinski definition) is 1. The number of alkyl carbamates (subject to hydrolysis) is 1. The quantitative estimate of drug-likeness (QED) is 0.551. The number of rotatable bonds is 7. The SMILES string of the molecule is CC(C)(C)OC(=O)N[C@@H](Cc1ccccc1)C(=O)N=C1S[C@H]2CS(=O)(=O)C[C@H]2N1CCc1ccc(F)cc1. The Kier molecular flexibility index (Phi) is 8.46. The molecule has 38 heavy (non-hydrogen) atoms. The molecule has 0 spiro atoms. The molecule has 2 saturated heterocycles. The van der Waals surface area contributed by atoms with Crippen molar-refractivity contribution in [1.82, 2.24) is 10.2 Å². The molecule has 3 atom stereocenters. The Labute approximate surface area is 227 Å². The second kappa shape index (κ2) is 11.4. The van der Waals surface area contributed by atoms with Crippen LogP contribution in [-0.2, 0) is 32.2 Å². The first kappa shape index (κ1) is 28.1. The molecule has 2 aromatic rings. The Balaban J connectivity index is 1.56. The average molecular weight is 562 g/mol. The van der Waals surface area contributed by atoms with Crippen molar-refractivity contribution in [3.63, 3.8) is 0 Å². The first-order valence-corrected chi connectivity index (χ1v) is 15.1. The van der Waals surface area contributed by atoms with E-state index in [1.54, 1.807) is 32.9 Å². The lowest BCUT2D eigenvalue weighted by atomic mass is 10.1. The van der Waals surface area contributed by atoms with Crippen LogP contribution in [0.1, 0.15) is 31.9 Å². The van der Waals surface area contributed by atoms with Gasteiger partial charge in [0.25, 0.3) is 5.91 Å². The zero-order chi connectivity index (χ0) is 27.5. The lowest BCUT2D eigenvalue weighted by molar-refractivity contribution is -0.119. The summed E-state index contributed by atoms with van der Waals surface area (Å²) in [6, 6.07) is 14.1. The minimum Gasteiger partial charge on any atom is -0.444 e. The third kappa shape index (κ3) is 7.57. The lowest BCUT2D eigenvalue weighted by Gasteiger charge is -2.25. The van der Waals surface area contributed by atoms with Crippen LogP contribution < -0.4 is 5.32 Å². The van der Waals surface area contributed by atoms with Gasteiger partial charge in [-0.05, 0) is 50.5 Å². The summed E-state index contributed by atoms with van der Waals surface area (Å²) in [5.74, 6) is -0.865. The van der Waals surface area contributed by atoms with Gasteiger partial charge in [0.15, 0.2) is 15.0 Å². The summed E-state index contributed by atoms with van der Waals surface area (Å²) in [6.07, 6.45) is 0.0279. The summed E-state index contributed by atoms with van der Waals surface area (Å²) in [4.78, 5) is 32.3. The number of ether oxygens (including phenoxy) is 1. The molecule has 8 nitrogen and oxygen atoms in total. The van der Waals surface area contributed by atoms with E-state index in [1.807, 2.05) is 35.2 Å². The van der Waals surface area contributed by atoms with E-state index in [4.69, 9.17) is 4.74 Å². The fourth-order valence-electron chi connectivity index (χ4n) is 4.47. The fourth-order valence-corrected chi connectivity index (χ4v) is 8.45. The molecule has 0 aliphatic carbocycles. The molecule has 2 heterocycles. The molecule has 0 radical (unpaired) electrons. The number of amidine groups is 1. The van der Waals surface area contributed by atoms with Gasteiger partial charge >= 0.3 is 6.09 Å². The number of benzene rings is 2. The van der Waals surface area contributed by atoms with Crippen LogP contribution in [0.15, 0.2) is 59.6 Å². The van der Waals surface area contributed by atoms with Crippen molar-refractivity contribution >= 4 is 38.8 Å². The van der Waals surface area contributed by atoms with E-state index in [1.165, 1.54) is 23.9 Å². The smallest absolute Gasteiger partial charge is 0.408 e. The molecular formula is C27H32FN3O5S2. The van der Waals surface area contributed by atoms with Crippen molar-refractivity contribution in [2.24, 2.45) is 4.99 Å². The largest absolute Gasteiger partial charge is 0.444 e. The number of nitrogens with zero attached hydrogens (tertiary/aromatic N) is 2. The molecule has 2 aliphatic heterocycles. The monoisotopic (exact) mass is 561 g/mol. The number of sulfone groups is 1. The fraction of sp³-hybridized carbons (Fsp3) is 0.444. The van der Waals surface area contributed by atoms with Crippen LogP contribution in [0, 0.1) is 5.82 Å². The van der Waals surface area contributed by atoms with Gasteiger partial charge in [0.05, 0.1) is 17.5 Å². The first-order valence-electron chi connectivity index (χ1n) is 12.4. The number of carbonyl (C=O) groups excluding carboxylic acids is 2. The third-order valence-electron chi connectivity index (χ3n) is 6.21. The topological polar surface area (TPSA) is 105 Å². The number of halogens is 1. The number of thioether (sulfide) groups is 1. The Morgan fingerprint density at radius 3 is 2.45 bits per heavy atom. The van der Waals surface area contributed by atoms with Gasteiger partial charge in [-0.2, -0.15) is 4.99 Å². The van der Waals surface area contributed by atoms with Gasteiger partial charge in [-0.3, -0.25) is 4.79 Å². The van der Waals surface area contributed by atoms with Gasteiger partial charge in [-0.1, -0.05) is 54.2 Å². The van der Waals surface area contributed by atoms with Crippen LogP contribution >= 0.6 is 11.8 Å². The van der Waals surface area contributed by atoms with Crippen molar-refractivity contribution in [2.45, 2.75) is 56.5 Å².